The largest absolute Gasteiger partial charge is 0.497 e. The van der Waals surface area contributed by atoms with Crippen molar-refractivity contribution in [3.8, 4) is 11.5 Å². The average Bonchev–Trinajstić information content (AvgIpc) is 3.28. The Bertz CT molecular complexity index is 1010. The first-order valence-electron chi connectivity index (χ1n) is 11.6. The molecular formula is C26H33N3O4. The number of para-hydroxylation sites is 1. The number of hydrogen-bond donors (Lipinski definition) is 1. The lowest BCUT2D eigenvalue weighted by Gasteiger charge is -2.26. The van der Waals surface area contributed by atoms with E-state index in [-0.39, 0.29) is 0 Å². The summed E-state index contributed by atoms with van der Waals surface area (Å²) in [6.07, 6.45) is 1.88. The van der Waals surface area contributed by atoms with E-state index in [1.54, 1.807) is 7.11 Å². The molecule has 0 saturated carbocycles. The van der Waals surface area contributed by atoms with Crippen LogP contribution < -0.4 is 9.47 Å². The van der Waals surface area contributed by atoms with E-state index in [4.69, 9.17) is 19.3 Å². The SMILES string of the molecule is CCc1nn(Cc2ccc(OC)cc2)cc1C(O)c1ccccc1OCCN1CCOCC1. The van der Waals surface area contributed by atoms with Crippen LogP contribution in [0.1, 0.15) is 35.4 Å². The van der Waals surface area contributed by atoms with E-state index in [9.17, 15) is 5.11 Å². The highest BCUT2D eigenvalue weighted by molar-refractivity contribution is 5.41. The first kappa shape index (κ1) is 23.3. The van der Waals surface area contributed by atoms with Gasteiger partial charge in [0.1, 0.15) is 24.2 Å². The van der Waals surface area contributed by atoms with Gasteiger partial charge in [0.25, 0.3) is 0 Å². The standard InChI is InChI=1S/C26H33N3O4/c1-3-24-23(19-29(27-24)18-20-8-10-21(31-2)11-9-20)26(30)22-6-4-5-7-25(22)33-17-14-28-12-15-32-16-13-28/h4-11,19,26,30H,3,12-18H2,1-2H3. The van der Waals surface area contributed by atoms with Crippen molar-refractivity contribution in [1.82, 2.24) is 14.7 Å². The van der Waals surface area contributed by atoms with Gasteiger partial charge in [-0.1, -0.05) is 37.3 Å². The van der Waals surface area contributed by atoms with E-state index in [1.807, 2.05) is 59.4 Å². The number of aliphatic hydroxyl groups is 1. The number of aliphatic hydroxyl groups excluding tert-OH is 1. The number of hydrogen-bond acceptors (Lipinski definition) is 6. The minimum Gasteiger partial charge on any atom is -0.497 e. The Hall–Kier alpha value is -2.87. The van der Waals surface area contributed by atoms with Gasteiger partial charge in [-0.25, -0.2) is 0 Å². The molecule has 1 aliphatic heterocycles. The number of rotatable bonds is 10. The second kappa shape index (κ2) is 11.3. The number of benzene rings is 2. The Kier molecular flexibility index (Phi) is 7.99. The lowest BCUT2D eigenvalue weighted by atomic mass is 10.0. The summed E-state index contributed by atoms with van der Waals surface area (Å²) < 4.78 is 18.6. The van der Waals surface area contributed by atoms with Crippen molar-refractivity contribution < 1.29 is 19.3 Å². The minimum absolute atomic E-state index is 0.571. The van der Waals surface area contributed by atoms with Gasteiger partial charge in [-0.3, -0.25) is 9.58 Å². The molecule has 0 spiro atoms. The maximum absolute atomic E-state index is 11.3. The molecule has 7 nitrogen and oxygen atoms in total. The van der Waals surface area contributed by atoms with Gasteiger partial charge in [0, 0.05) is 37.0 Å². The monoisotopic (exact) mass is 451 g/mol. The summed E-state index contributed by atoms with van der Waals surface area (Å²) in [5, 5.41) is 16.0. The summed E-state index contributed by atoms with van der Waals surface area (Å²) in [6.45, 7) is 7.50. The molecule has 1 unspecified atom stereocenters. The molecule has 1 atom stereocenters. The molecule has 176 valence electrons. The molecule has 1 aromatic heterocycles. The zero-order valence-corrected chi connectivity index (χ0v) is 19.4. The van der Waals surface area contributed by atoms with Crippen LogP contribution in [0, 0.1) is 0 Å². The molecule has 1 aliphatic rings. The highest BCUT2D eigenvalue weighted by Crippen LogP contribution is 2.32. The first-order valence-corrected chi connectivity index (χ1v) is 11.6. The highest BCUT2D eigenvalue weighted by Gasteiger charge is 2.21. The van der Waals surface area contributed by atoms with Crippen molar-refractivity contribution >= 4 is 0 Å². The van der Waals surface area contributed by atoms with Crippen LogP contribution >= 0.6 is 0 Å². The Balaban J connectivity index is 1.47. The topological polar surface area (TPSA) is 69.0 Å². The van der Waals surface area contributed by atoms with Crippen molar-refractivity contribution in [2.24, 2.45) is 0 Å². The van der Waals surface area contributed by atoms with Gasteiger partial charge in [-0.05, 0) is 30.2 Å². The van der Waals surface area contributed by atoms with Crippen LogP contribution in [-0.4, -0.2) is 66.4 Å². The fourth-order valence-corrected chi connectivity index (χ4v) is 4.09. The van der Waals surface area contributed by atoms with Crippen molar-refractivity contribution in [3.63, 3.8) is 0 Å². The summed E-state index contributed by atoms with van der Waals surface area (Å²) in [5.41, 5.74) is 3.58. The number of morpholine rings is 1. The zero-order valence-electron chi connectivity index (χ0n) is 19.4. The molecule has 1 N–H and O–H groups in total. The Morgan fingerprint density at radius 1 is 1.06 bits per heavy atom. The van der Waals surface area contributed by atoms with E-state index in [0.717, 1.165) is 67.4 Å². The number of methoxy groups -OCH3 is 1. The van der Waals surface area contributed by atoms with Crippen molar-refractivity contribution in [3.05, 3.63) is 77.1 Å². The van der Waals surface area contributed by atoms with Gasteiger partial charge in [0.2, 0.25) is 0 Å². The van der Waals surface area contributed by atoms with Gasteiger partial charge in [0.15, 0.2) is 0 Å². The third kappa shape index (κ3) is 5.93. The summed E-state index contributed by atoms with van der Waals surface area (Å²) >= 11 is 0. The van der Waals surface area contributed by atoms with E-state index in [0.29, 0.717) is 18.9 Å². The lowest BCUT2D eigenvalue weighted by molar-refractivity contribution is 0.0321. The summed E-state index contributed by atoms with van der Waals surface area (Å²) in [5.74, 6) is 1.54. The first-order chi connectivity index (χ1) is 16.2. The molecule has 0 aliphatic carbocycles. The van der Waals surface area contributed by atoms with Crippen LogP contribution in [0.25, 0.3) is 0 Å². The van der Waals surface area contributed by atoms with Crippen molar-refractivity contribution in [1.29, 1.82) is 0 Å². The van der Waals surface area contributed by atoms with Gasteiger partial charge in [-0.15, -0.1) is 0 Å². The van der Waals surface area contributed by atoms with E-state index in [2.05, 4.69) is 11.8 Å². The number of nitrogens with zero attached hydrogens (tertiary/aromatic N) is 3. The predicted molar refractivity (Wildman–Crippen MR) is 127 cm³/mol. The Morgan fingerprint density at radius 2 is 1.82 bits per heavy atom. The van der Waals surface area contributed by atoms with Crippen molar-refractivity contribution in [2.45, 2.75) is 26.0 Å². The number of ether oxygens (including phenoxy) is 3. The number of aromatic nitrogens is 2. The summed E-state index contributed by atoms with van der Waals surface area (Å²) in [6, 6.07) is 15.7. The second-order valence-corrected chi connectivity index (χ2v) is 8.17. The van der Waals surface area contributed by atoms with E-state index >= 15 is 0 Å². The Morgan fingerprint density at radius 3 is 2.55 bits per heavy atom. The van der Waals surface area contributed by atoms with Gasteiger partial charge < -0.3 is 19.3 Å². The third-order valence-corrected chi connectivity index (χ3v) is 5.99. The average molecular weight is 452 g/mol. The molecule has 0 radical (unpaired) electrons. The molecule has 3 aromatic rings. The normalized spacial score (nSPS) is 15.4. The number of aryl methyl sites for hydroxylation is 1. The van der Waals surface area contributed by atoms with Gasteiger partial charge in [-0.2, -0.15) is 5.10 Å². The molecule has 2 aromatic carbocycles. The molecule has 4 rings (SSSR count). The molecule has 7 heteroatoms. The van der Waals surface area contributed by atoms with Crippen LogP contribution in [0.4, 0.5) is 0 Å². The van der Waals surface area contributed by atoms with Crippen LogP contribution in [-0.2, 0) is 17.7 Å². The maximum atomic E-state index is 11.3. The summed E-state index contributed by atoms with van der Waals surface area (Å²) in [7, 11) is 1.66. The zero-order chi connectivity index (χ0) is 23.0. The fourth-order valence-electron chi connectivity index (χ4n) is 4.09. The molecule has 2 heterocycles. The molecular weight excluding hydrogens is 418 g/mol. The highest BCUT2D eigenvalue weighted by atomic mass is 16.5. The van der Waals surface area contributed by atoms with Crippen molar-refractivity contribution in [2.75, 3.05) is 46.6 Å². The maximum Gasteiger partial charge on any atom is 0.125 e. The van der Waals surface area contributed by atoms with Crippen LogP contribution in [0.15, 0.2) is 54.7 Å². The quantitative estimate of drug-likeness (QED) is 0.510. The van der Waals surface area contributed by atoms with E-state index < -0.39 is 6.10 Å². The van der Waals surface area contributed by atoms with Crippen LogP contribution in [0.2, 0.25) is 0 Å². The van der Waals surface area contributed by atoms with Crippen LogP contribution in [0.3, 0.4) is 0 Å². The fraction of sp³-hybridized carbons (Fsp3) is 0.423. The predicted octanol–water partition coefficient (Wildman–Crippen LogP) is 3.30. The third-order valence-electron chi connectivity index (χ3n) is 5.99. The molecule has 0 bridgehead atoms. The smallest absolute Gasteiger partial charge is 0.125 e. The summed E-state index contributed by atoms with van der Waals surface area (Å²) in [4.78, 5) is 2.33. The van der Waals surface area contributed by atoms with E-state index in [1.165, 1.54) is 0 Å². The van der Waals surface area contributed by atoms with Crippen LogP contribution in [0.5, 0.6) is 11.5 Å². The molecule has 33 heavy (non-hydrogen) atoms. The van der Waals surface area contributed by atoms with Gasteiger partial charge >= 0.3 is 0 Å². The van der Waals surface area contributed by atoms with Gasteiger partial charge in [0.05, 0.1) is 32.6 Å². The minimum atomic E-state index is -0.802. The molecule has 0 amide bonds. The lowest BCUT2D eigenvalue weighted by Crippen LogP contribution is -2.38. The second-order valence-electron chi connectivity index (χ2n) is 8.17. The molecule has 1 saturated heterocycles. The molecule has 1 fully saturated rings. The Labute approximate surface area is 195 Å².